The largest absolute Gasteiger partial charge is 0.466 e. The molecule has 7 nitrogen and oxygen atoms in total. The second-order valence-corrected chi connectivity index (χ2v) is 5.96. The molecule has 0 aliphatic heterocycles. The minimum atomic E-state index is -4.00. The van der Waals surface area contributed by atoms with Gasteiger partial charge in [-0.15, -0.1) is 0 Å². The van der Waals surface area contributed by atoms with Crippen molar-refractivity contribution in [2.45, 2.75) is 26.7 Å². The van der Waals surface area contributed by atoms with E-state index in [0.29, 0.717) is 0 Å². The number of carbonyl (C=O) groups excluding carboxylic acids is 2. The van der Waals surface area contributed by atoms with Crippen LogP contribution in [0.2, 0.25) is 0 Å². The minimum Gasteiger partial charge on any atom is -0.466 e. The lowest BCUT2D eigenvalue weighted by Crippen LogP contribution is -2.32. The first-order valence-corrected chi connectivity index (χ1v) is 8.08. The van der Waals surface area contributed by atoms with Crippen molar-refractivity contribution in [1.29, 1.82) is 0 Å². The van der Waals surface area contributed by atoms with Crippen molar-refractivity contribution in [3.05, 3.63) is 0 Å². The van der Waals surface area contributed by atoms with Crippen LogP contribution >= 0.6 is 10.7 Å². The number of hydrogen-bond acceptors (Lipinski definition) is 6. The molecule has 0 heterocycles. The molecule has 0 aliphatic carbocycles. The van der Waals surface area contributed by atoms with Gasteiger partial charge >= 0.3 is 11.9 Å². The van der Waals surface area contributed by atoms with E-state index < -0.39 is 21.2 Å². The Morgan fingerprint density at radius 1 is 1.00 bits per heavy atom. The SMILES string of the molecule is CCOC(=O)CCN(CCC(=O)OCC)S(=O)(=O)Cl. The summed E-state index contributed by atoms with van der Waals surface area (Å²) in [5, 5.41) is 0. The zero-order chi connectivity index (χ0) is 14.9. The molecule has 0 aromatic rings. The highest BCUT2D eigenvalue weighted by Gasteiger charge is 2.21. The topological polar surface area (TPSA) is 90.0 Å². The average Bonchev–Trinajstić information content (AvgIpc) is 2.27. The van der Waals surface area contributed by atoms with Gasteiger partial charge in [0.1, 0.15) is 0 Å². The van der Waals surface area contributed by atoms with Gasteiger partial charge in [0.25, 0.3) is 9.24 Å². The Morgan fingerprint density at radius 2 is 1.37 bits per heavy atom. The molecule has 0 N–H and O–H groups in total. The van der Waals surface area contributed by atoms with Gasteiger partial charge in [0.05, 0.1) is 26.1 Å². The zero-order valence-electron chi connectivity index (χ0n) is 10.9. The first-order chi connectivity index (χ1) is 8.81. The second-order valence-electron chi connectivity index (χ2n) is 3.45. The van der Waals surface area contributed by atoms with Crippen LogP contribution in [-0.2, 0) is 28.3 Å². The van der Waals surface area contributed by atoms with E-state index in [1.165, 1.54) is 0 Å². The smallest absolute Gasteiger partial charge is 0.307 e. The third-order valence-corrected chi connectivity index (χ3v) is 3.62. The fourth-order valence-corrected chi connectivity index (χ4v) is 2.26. The summed E-state index contributed by atoms with van der Waals surface area (Å²) in [5.41, 5.74) is 0. The average molecular weight is 316 g/mol. The molecule has 0 aromatic heterocycles. The zero-order valence-corrected chi connectivity index (χ0v) is 12.5. The van der Waals surface area contributed by atoms with Crippen LogP contribution in [0.3, 0.4) is 0 Å². The highest BCUT2D eigenvalue weighted by Crippen LogP contribution is 2.09. The summed E-state index contributed by atoms with van der Waals surface area (Å²) < 4.78 is 32.7. The molecule has 0 saturated carbocycles. The van der Waals surface area contributed by atoms with Gasteiger partial charge in [-0.2, -0.15) is 12.7 Å². The maximum absolute atomic E-state index is 11.3. The van der Waals surface area contributed by atoms with Gasteiger partial charge in [0.2, 0.25) is 0 Å². The lowest BCUT2D eigenvalue weighted by molar-refractivity contribution is -0.143. The number of rotatable bonds is 9. The summed E-state index contributed by atoms with van der Waals surface area (Å²) in [5.74, 6) is -1.05. The van der Waals surface area contributed by atoms with Crippen molar-refractivity contribution in [3.8, 4) is 0 Å². The van der Waals surface area contributed by atoms with Crippen LogP contribution in [0.5, 0.6) is 0 Å². The number of carbonyl (C=O) groups is 2. The van der Waals surface area contributed by atoms with Gasteiger partial charge in [-0.05, 0) is 13.8 Å². The van der Waals surface area contributed by atoms with Crippen molar-refractivity contribution in [2.75, 3.05) is 26.3 Å². The Morgan fingerprint density at radius 3 is 1.63 bits per heavy atom. The quantitative estimate of drug-likeness (QED) is 0.459. The van der Waals surface area contributed by atoms with Crippen LogP contribution in [0.1, 0.15) is 26.7 Å². The second kappa shape index (κ2) is 9.11. The number of esters is 2. The first kappa shape index (κ1) is 18.1. The lowest BCUT2D eigenvalue weighted by atomic mass is 10.4. The van der Waals surface area contributed by atoms with Crippen LogP contribution in [-0.4, -0.2) is 51.0 Å². The molecule has 0 aliphatic rings. The van der Waals surface area contributed by atoms with Crippen LogP contribution in [0.25, 0.3) is 0 Å². The number of ether oxygens (including phenoxy) is 2. The molecule has 0 aromatic carbocycles. The molecule has 0 radical (unpaired) electrons. The van der Waals surface area contributed by atoms with E-state index in [9.17, 15) is 18.0 Å². The van der Waals surface area contributed by atoms with Gasteiger partial charge in [-0.3, -0.25) is 9.59 Å². The fourth-order valence-electron chi connectivity index (χ4n) is 1.23. The molecule has 0 spiro atoms. The molecule has 0 rings (SSSR count). The van der Waals surface area contributed by atoms with Crippen LogP contribution < -0.4 is 0 Å². The predicted octanol–water partition coefficient (Wildman–Crippen LogP) is 0.678. The third-order valence-electron chi connectivity index (χ3n) is 2.05. The Kier molecular flexibility index (Phi) is 8.70. The molecule has 112 valence electrons. The van der Waals surface area contributed by atoms with Crippen molar-refractivity contribution >= 4 is 31.9 Å². The number of nitrogens with zero attached hydrogens (tertiary/aromatic N) is 1. The maximum Gasteiger partial charge on any atom is 0.307 e. The van der Waals surface area contributed by atoms with Gasteiger partial charge in [0.15, 0.2) is 0 Å². The fraction of sp³-hybridized carbons (Fsp3) is 0.800. The minimum absolute atomic E-state index is 0.122. The lowest BCUT2D eigenvalue weighted by Gasteiger charge is -2.17. The highest BCUT2D eigenvalue weighted by molar-refractivity contribution is 8.11. The molecule has 0 bridgehead atoms. The van der Waals surface area contributed by atoms with Crippen molar-refractivity contribution in [3.63, 3.8) is 0 Å². The highest BCUT2D eigenvalue weighted by atomic mass is 35.7. The molecule has 0 saturated heterocycles. The first-order valence-electron chi connectivity index (χ1n) is 5.82. The van der Waals surface area contributed by atoms with E-state index in [2.05, 4.69) is 9.47 Å². The molecule has 0 unspecified atom stereocenters. The van der Waals surface area contributed by atoms with Crippen molar-refractivity contribution in [2.24, 2.45) is 0 Å². The summed E-state index contributed by atoms with van der Waals surface area (Å²) in [4.78, 5) is 22.3. The summed E-state index contributed by atoms with van der Waals surface area (Å²) in [6, 6.07) is 0. The Balaban J connectivity index is 4.34. The van der Waals surface area contributed by atoms with E-state index in [4.69, 9.17) is 10.7 Å². The van der Waals surface area contributed by atoms with Gasteiger partial charge in [0, 0.05) is 23.8 Å². The predicted molar refractivity (Wildman–Crippen MR) is 68.8 cm³/mol. The molecular weight excluding hydrogens is 298 g/mol. The molecule has 0 fully saturated rings. The van der Waals surface area contributed by atoms with Crippen LogP contribution in [0.15, 0.2) is 0 Å². The van der Waals surface area contributed by atoms with Gasteiger partial charge in [-0.25, -0.2) is 0 Å². The molecule has 19 heavy (non-hydrogen) atoms. The van der Waals surface area contributed by atoms with E-state index >= 15 is 0 Å². The maximum atomic E-state index is 11.3. The van der Waals surface area contributed by atoms with E-state index in [0.717, 1.165) is 4.31 Å². The van der Waals surface area contributed by atoms with Crippen molar-refractivity contribution < 1.29 is 27.5 Å². The van der Waals surface area contributed by atoms with Crippen LogP contribution in [0.4, 0.5) is 0 Å². The van der Waals surface area contributed by atoms with Gasteiger partial charge in [-0.1, -0.05) is 0 Å². The Bertz CT molecular complexity index is 375. The van der Waals surface area contributed by atoms with E-state index in [1.807, 2.05) is 0 Å². The Hall–Kier alpha value is -0.860. The normalized spacial score (nSPS) is 11.4. The van der Waals surface area contributed by atoms with E-state index in [-0.39, 0.29) is 39.1 Å². The van der Waals surface area contributed by atoms with Gasteiger partial charge < -0.3 is 9.47 Å². The summed E-state index contributed by atoms with van der Waals surface area (Å²) in [7, 11) is 1.22. The summed E-state index contributed by atoms with van der Waals surface area (Å²) in [6.07, 6.45) is -0.245. The Labute approximate surface area is 117 Å². The van der Waals surface area contributed by atoms with E-state index in [1.54, 1.807) is 13.8 Å². The molecule has 0 atom stereocenters. The monoisotopic (exact) mass is 315 g/mol. The summed E-state index contributed by atoms with van der Waals surface area (Å²) in [6.45, 7) is 3.46. The molecular formula is C10H18ClNO6S. The molecule has 9 heteroatoms. The van der Waals surface area contributed by atoms with Crippen LogP contribution in [0, 0.1) is 0 Å². The standard InChI is InChI=1S/C10H18ClNO6S/c1-3-17-9(13)5-7-12(19(11,15)16)8-6-10(14)18-4-2/h3-8H2,1-2H3. The van der Waals surface area contributed by atoms with Crippen molar-refractivity contribution in [1.82, 2.24) is 4.31 Å². The molecule has 0 amide bonds. The summed E-state index contributed by atoms with van der Waals surface area (Å²) >= 11 is 0. The number of halogens is 1. The third kappa shape index (κ3) is 8.79. The number of hydrogen-bond donors (Lipinski definition) is 0.